The zero-order valence-corrected chi connectivity index (χ0v) is 18.6. The van der Waals surface area contributed by atoms with E-state index < -0.39 is 0 Å². The molecule has 4 aromatic rings. The summed E-state index contributed by atoms with van der Waals surface area (Å²) in [4.78, 5) is 30.8. The van der Waals surface area contributed by atoms with Crippen molar-refractivity contribution < 1.29 is 4.79 Å². The van der Waals surface area contributed by atoms with Crippen LogP contribution >= 0.6 is 0 Å². The van der Waals surface area contributed by atoms with E-state index in [0.717, 1.165) is 27.8 Å². The molecule has 0 saturated heterocycles. The average molecular weight is 417 g/mol. The maximum Gasteiger partial charge on any atom is 0.252 e. The topological polar surface area (TPSA) is 68.9 Å². The fourth-order valence-corrected chi connectivity index (χ4v) is 4.17. The maximum absolute atomic E-state index is 13.4. The predicted octanol–water partition coefficient (Wildman–Crippen LogP) is 4.60. The van der Waals surface area contributed by atoms with Crippen molar-refractivity contribution in [1.82, 2.24) is 19.4 Å². The number of nitrogens with zero attached hydrogens (tertiary/aromatic N) is 3. The highest BCUT2D eigenvalue weighted by Gasteiger charge is 2.27. The number of imidazole rings is 1. The number of aromatic nitrogens is 3. The third kappa shape index (κ3) is 3.63. The van der Waals surface area contributed by atoms with E-state index in [4.69, 9.17) is 4.98 Å². The van der Waals surface area contributed by atoms with Crippen LogP contribution in [0.15, 0.2) is 59.4 Å². The first-order valence-electron chi connectivity index (χ1n) is 10.7. The molecule has 0 fully saturated rings. The van der Waals surface area contributed by atoms with E-state index in [-0.39, 0.29) is 29.5 Å². The first kappa shape index (κ1) is 20.8. The van der Waals surface area contributed by atoms with E-state index in [1.807, 2.05) is 42.5 Å². The monoisotopic (exact) mass is 416 g/mol. The predicted molar refractivity (Wildman–Crippen MR) is 124 cm³/mol. The quantitative estimate of drug-likeness (QED) is 0.517. The molecule has 0 aliphatic rings. The molecule has 1 amide bonds. The second-order valence-corrected chi connectivity index (χ2v) is 8.59. The first-order valence-corrected chi connectivity index (χ1v) is 10.7. The summed E-state index contributed by atoms with van der Waals surface area (Å²) in [5.41, 5.74) is 2.86. The first-order chi connectivity index (χ1) is 14.8. The zero-order valence-electron chi connectivity index (χ0n) is 18.6. The van der Waals surface area contributed by atoms with Gasteiger partial charge in [0.1, 0.15) is 5.82 Å². The van der Waals surface area contributed by atoms with Gasteiger partial charge in [-0.15, -0.1) is 0 Å². The summed E-state index contributed by atoms with van der Waals surface area (Å²) < 4.78 is 3.74. The summed E-state index contributed by atoms with van der Waals surface area (Å²) in [6.07, 6.45) is 0. The normalized spacial score (nSPS) is 12.7. The number of fused-ring (bicyclic) bond motifs is 2. The lowest BCUT2D eigenvalue weighted by Gasteiger charge is -2.25. The van der Waals surface area contributed by atoms with Crippen LogP contribution < -0.4 is 10.9 Å². The molecule has 6 heteroatoms. The Morgan fingerprint density at radius 1 is 0.968 bits per heavy atom. The molecule has 0 radical (unpaired) electrons. The molecule has 1 atom stereocenters. The number of hydrogen-bond donors (Lipinski definition) is 1. The van der Waals surface area contributed by atoms with Gasteiger partial charge in [0.25, 0.3) is 11.5 Å². The van der Waals surface area contributed by atoms with Gasteiger partial charge < -0.3 is 14.5 Å². The van der Waals surface area contributed by atoms with Crippen LogP contribution in [-0.2, 0) is 7.05 Å². The summed E-state index contributed by atoms with van der Waals surface area (Å²) in [5.74, 6) is 0.665. The highest BCUT2D eigenvalue weighted by molar-refractivity contribution is 6.06. The number of hydrogen-bond acceptors (Lipinski definition) is 3. The van der Waals surface area contributed by atoms with Crippen molar-refractivity contribution in [2.24, 2.45) is 13.0 Å². The van der Waals surface area contributed by atoms with Gasteiger partial charge in [0.05, 0.1) is 28.2 Å². The lowest BCUT2D eigenvalue weighted by molar-refractivity contribution is 0.0923. The van der Waals surface area contributed by atoms with Gasteiger partial charge in [-0.05, 0) is 38.0 Å². The van der Waals surface area contributed by atoms with Crippen molar-refractivity contribution in [3.05, 3.63) is 76.3 Å². The van der Waals surface area contributed by atoms with Crippen LogP contribution in [0.3, 0.4) is 0 Å². The molecule has 31 heavy (non-hydrogen) atoms. The van der Waals surface area contributed by atoms with Gasteiger partial charge in [-0.3, -0.25) is 9.59 Å². The summed E-state index contributed by atoms with van der Waals surface area (Å²) in [6.45, 7) is 8.37. The minimum absolute atomic E-state index is 0.107. The molecule has 0 aliphatic carbocycles. The molecule has 6 nitrogen and oxygen atoms in total. The number of rotatable bonds is 5. The zero-order chi connectivity index (χ0) is 22.3. The molecule has 0 bridgehead atoms. The smallest absolute Gasteiger partial charge is 0.252 e. The van der Waals surface area contributed by atoms with Crippen LogP contribution in [0.2, 0.25) is 0 Å². The van der Waals surface area contributed by atoms with Crippen LogP contribution in [0, 0.1) is 5.92 Å². The van der Waals surface area contributed by atoms with Crippen LogP contribution in [0.4, 0.5) is 0 Å². The minimum atomic E-state index is -0.301. The Labute approximate surface area is 181 Å². The summed E-state index contributed by atoms with van der Waals surface area (Å²) in [5, 5.41) is 3.93. The number of para-hydroxylation sites is 3. The Hall–Kier alpha value is -3.41. The fraction of sp³-hybridized carbons (Fsp3) is 0.320. The maximum atomic E-state index is 13.4. The van der Waals surface area contributed by atoms with E-state index in [0.29, 0.717) is 5.56 Å². The number of carbonyl (C=O) groups excluding carboxylic acids is 1. The Balaban J connectivity index is 1.81. The molecular weight excluding hydrogens is 388 g/mol. The summed E-state index contributed by atoms with van der Waals surface area (Å²) in [6, 6.07) is 16.8. The molecule has 2 aromatic carbocycles. The Kier molecular flexibility index (Phi) is 5.39. The summed E-state index contributed by atoms with van der Waals surface area (Å²) in [7, 11) is 1.72. The molecule has 160 valence electrons. The second kappa shape index (κ2) is 8.02. The van der Waals surface area contributed by atoms with Crippen molar-refractivity contribution in [3.8, 4) is 0 Å². The Morgan fingerprint density at radius 3 is 2.29 bits per heavy atom. The molecule has 0 saturated carbocycles. The van der Waals surface area contributed by atoms with Gasteiger partial charge in [-0.2, -0.15) is 0 Å². The third-order valence-corrected chi connectivity index (χ3v) is 5.77. The van der Waals surface area contributed by atoms with Crippen molar-refractivity contribution >= 4 is 27.8 Å². The number of pyridine rings is 1. The highest BCUT2D eigenvalue weighted by Crippen LogP contribution is 2.29. The molecule has 0 aliphatic heterocycles. The molecule has 0 spiro atoms. The molecule has 1 N–H and O–H groups in total. The van der Waals surface area contributed by atoms with Crippen molar-refractivity contribution in [1.29, 1.82) is 0 Å². The van der Waals surface area contributed by atoms with Crippen LogP contribution in [0.1, 0.15) is 56.0 Å². The van der Waals surface area contributed by atoms with Gasteiger partial charge >= 0.3 is 0 Å². The molecule has 2 aromatic heterocycles. The lowest BCUT2D eigenvalue weighted by Crippen LogP contribution is -2.35. The number of aryl methyl sites for hydroxylation is 1. The third-order valence-electron chi connectivity index (χ3n) is 5.77. The molecule has 2 heterocycles. The Bertz CT molecular complexity index is 1330. The lowest BCUT2D eigenvalue weighted by atomic mass is 10.0. The SMILES string of the molecule is CC(C)[C@H](NC(=O)c1cc(=O)n(C)c2ccccc12)c1nc2ccccc2n1C(C)C. The van der Waals surface area contributed by atoms with E-state index in [1.54, 1.807) is 11.6 Å². The second-order valence-electron chi connectivity index (χ2n) is 8.59. The van der Waals surface area contributed by atoms with E-state index in [2.05, 4.69) is 43.6 Å². The van der Waals surface area contributed by atoms with Gasteiger partial charge in [-0.1, -0.05) is 44.2 Å². The number of nitrogens with one attached hydrogen (secondary N) is 1. The fourth-order valence-electron chi connectivity index (χ4n) is 4.17. The van der Waals surface area contributed by atoms with E-state index in [9.17, 15) is 9.59 Å². The van der Waals surface area contributed by atoms with Crippen LogP contribution in [0.25, 0.3) is 21.9 Å². The number of carbonyl (C=O) groups is 1. The van der Waals surface area contributed by atoms with E-state index in [1.165, 1.54) is 6.07 Å². The molecule has 0 unspecified atom stereocenters. The minimum Gasteiger partial charge on any atom is -0.342 e. The molecule has 4 rings (SSSR count). The standard InChI is InChI=1S/C25H28N4O2/c1-15(2)23(24-26-19-11-7-9-13-21(19)29(24)16(3)4)27-25(31)18-14-22(30)28(5)20-12-8-6-10-17(18)20/h6-16,23H,1-5H3,(H,27,31)/t23-/m0/s1. The molecular formula is C25H28N4O2. The number of benzene rings is 2. The van der Waals surface area contributed by atoms with Crippen LogP contribution in [-0.4, -0.2) is 20.0 Å². The number of amides is 1. The van der Waals surface area contributed by atoms with Gasteiger partial charge in [0.15, 0.2) is 0 Å². The average Bonchev–Trinajstić information content (AvgIpc) is 3.13. The Morgan fingerprint density at radius 2 is 1.61 bits per heavy atom. The van der Waals surface area contributed by atoms with Crippen molar-refractivity contribution in [3.63, 3.8) is 0 Å². The van der Waals surface area contributed by atoms with Gasteiger partial charge in [0.2, 0.25) is 0 Å². The van der Waals surface area contributed by atoms with Gasteiger partial charge in [0, 0.05) is 24.5 Å². The van der Waals surface area contributed by atoms with Crippen molar-refractivity contribution in [2.75, 3.05) is 0 Å². The largest absolute Gasteiger partial charge is 0.342 e. The highest BCUT2D eigenvalue weighted by atomic mass is 16.2. The summed E-state index contributed by atoms with van der Waals surface area (Å²) >= 11 is 0. The van der Waals surface area contributed by atoms with Crippen LogP contribution in [0.5, 0.6) is 0 Å². The van der Waals surface area contributed by atoms with Gasteiger partial charge in [-0.25, -0.2) is 4.98 Å². The van der Waals surface area contributed by atoms with E-state index >= 15 is 0 Å². The van der Waals surface area contributed by atoms with Crippen molar-refractivity contribution in [2.45, 2.75) is 39.8 Å².